The van der Waals surface area contributed by atoms with Crippen LogP contribution >= 0.6 is 0 Å². The largest absolute Gasteiger partial charge is 0.369 e. The smallest absolute Gasteiger partial charge is 0.254 e. The van der Waals surface area contributed by atoms with Crippen molar-refractivity contribution in [3.05, 3.63) is 53.9 Å². The summed E-state index contributed by atoms with van der Waals surface area (Å²) >= 11 is 0. The third-order valence-electron chi connectivity index (χ3n) is 4.88. The highest BCUT2D eigenvalue weighted by atomic mass is 32.2. The molecule has 27 heavy (non-hydrogen) atoms. The predicted octanol–water partition coefficient (Wildman–Crippen LogP) is 0.870. The van der Waals surface area contributed by atoms with Gasteiger partial charge in [-0.1, -0.05) is 0 Å². The second kappa shape index (κ2) is 6.38. The first kappa shape index (κ1) is 18.1. The van der Waals surface area contributed by atoms with Crippen molar-refractivity contribution < 1.29 is 26.7 Å². The number of benzene rings is 1. The van der Waals surface area contributed by atoms with E-state index in [1.807, 2.05) is 0 Å². The van der Waals surface area contributed by atoms with Gasteiger partial charge in [-0.25, -0.2) is 17.2 Å². The average molecular weight is 397 g/mol. The Hall–Kier alpha value is -2.33. The van der Waals surface area contributed by atoms with Gasteiger partial charge in [-0.3, -0.25) is 9.48 Å². The maximum atomic E-state index is 13.0. The zero-order chi connectivity index (χ0) is 19.2. The highest BCUT2D eigenvalue weighted by Gasteiger charge is 2.53. The Labute approximate surface area is 154 Å². The number of ether oxygens (including phenoxy) is 1. The van der Waals surface area contributed by atoms with Gasteiger partial charge in [0.05, 0.1) is 44.4 Å². The van der Waals surface area contributed by atoms with Crippen LogP contribution < -0.4 is 0 Å². The topological polar surface area (TPSA) is 81.5 Å². The van der Waals surface area contributed by atoms with E-state index in [4.69, 9.17) is 4.74 Å². The Balaban J connectivity index is 1.39. The number of carbonyl (C=O) groups is 1. The van der Waals surface area contributed by atoms with Gasteiger partial charge in [0.25, 0.3) is 5.91 Å². The van der Waals surface area contributed by atoms with Crippen LogP contribution in [-0.2, 0) is 21.1 Å². The lowest BCUT2D eigenvalue weighted by Gasteiger charge is -2.52. The Kier molecular flexibility index (Phi) is 4.26. The van der Waals surface area contributed by atoms with Crippen molar-refractivity contribution in [1.82, 2.24) is 14.7 Å². The molecule has 1 atom stereocenters. The SMILES string of the molecule is O=C(c1ccc(F)cc1)N1CC2(C1)CS(=O)(=O)[C@@H](Cn1cc(F)cn1)CO2. The van der Waals surface area contributed by atoms with Crippen molar-refractivity contribution in [1.29, 1.82) is 0 Å². The molecule has 0 aliphatic carbocycles. The molecular formula is C17H17F2N3O4S. The van der Waals surface area contributed by atoms with Crippen LogP contribution in [0.5, 0.6) is 0 Å². The van der Waals surface area contributed by atoms with E-state index in [2.05, 4.69) is 5.10 Å². The molecule has 0 unspecified atom stereocenters. The summed E-state index contributed by atoms with van der Waals surface area (Å²) in [6, 6.07) is 5.18. The van der Waals surface area contributed by atoms with Gasteiger partial charge in [-0.2, -0.15) is 5.10 Å². The lowest BCUT2D eigenvalue weighted by molar-refractivity contribution is -0.121. The molecule has 4 rings (SSSR count). The first-order chi connectivity index (χ1) is 12.8. The standard InChI is InChI=1S/C17H17F2N3O4S/c18-13-3-1-12(2-4-13)16(23)21-9-17(10-21)11-27(24,25)15(8-26-17)7-22-6-14(19)5-20-22/h1-6,15H,7-11H2/t15-/m0/s1. The second-order valence-electron chi connectivity index (χ2n) is 6.97. The summed E-state index contributed by atoms with van der Waals surface area (Å²) < 4.78 is 58.3. The van der Waals surface area contributed by atoms with E-state index < -0.39 is 32.3 Å². The van der Waals surface area contributed by atoms with Gasteiger partial charge >= 0.3 is 0 Å². The van der Waals surface area contributed by atoms with Crippen LogP contribution in [0.15, 0.2) is 36.7 Å². The van der Waals surface area contributed by atoms with Crippen LogP contribution in [0.2, 0.25) is 0 Å². The summed E-state index contributed by atoms with van der Waals surface area (Å²) in [6.45, 7) is 0.292. The average Bonchev–Trinajstić information content (AvgIpc) is 2.99. The van der Waals surface area contributed by atoms with E-state index in [1.165, 1.54) is 33.8 Å². The monoisotopic (exact) mass is 397 g/mol. The maximum absolute atomic E-state index is 13.0. The number of amides is 1. The van der Waals surface area contributed by atoms with Gasteiger partial charge in [0.2, 0.25) is 0 Å². The number of nitrogens with zero attached hydrogens (tertiary/aromatic N) is 3. The molecule has 144 valence electrons. The van der Waals surface area contributed by atoms with Gasteiger partial charge in [-0.05, 0) is 24.3 Å². The van der Waals surface area contributed by atoms with Crippen LogP contribution in [0.3, 0.4) is 0 Å². The summed E-state index contributed by atoms with van der Waals surface area (Å²) in [4.78, 5) is 13.9. The number of likely N-dealkylation sites (tertiary alicyclic amines) is 1. The number of aromatic nitrogens is 2. The third-order valence-corrected chi connectivity index (χ3v) is 7.11. The molecule has 2 saturated heterocycles. The molecule has 2 aromatic rings. The first-order valence-electron chi connectivity index (χ1n) is 8.35. The maximum Gasteiger partial charge on any atom is 0.254 e. The summed E-state index contributed by atoms with van der Waals surface area (Å²) in [5.41, 5.74) is -0.580. The zero-order valence-electron chi connectivity index (χ0n) is 14.2. The van der Waals surface area contributed by atoms with Crippen molar-refractivity contribution in [2.45, 2.75) is 17.4 Å². The Bertz CT molecular complexity index is 968. The number of hydrogen-bond acceptors (Lipinski definition) is 5. The Morgan fingerprint density at radius 2 is 1.93 bits per heavy atom. The molecule has 0 saturated carbocycles. The molecule has 1 amide bonds. The van der Waals surface area contributed by atoms with Crippen LogP contribution in [0.1, 0.15) is 10.4 Å². The fourth-order valence-corrected chi connectivity index (χ4v) is 5.35. The zero-order valence-corrected chi connectivity index (χ0v) is 15.0. The summed E-state index contributed by atoms with van der Waals surface area (Å²) in [7, 11) is -3.50. The van der Waals surface area contributed by atoms with E-state index in [9.17, 15) is 22.0 Å². The minimum atomic E-state index is -3.50. The van der Waals surface area contributed by atoms with Crippen LogP contribution in [0.4, 0.5) is 8.78 Å². The molecule has 10 heteroatoms. The van der Waals surface area contributed by atoms with Crippen molar-refractivity contribution >= 4 is 15.7 Å². The Morgan fingerprint density at radius 1 is 1.22 bits per heavy atom. The van der Waals surface area contributed by atoms with Crippen molar-refractivity contribution in [2.24, 2.45) is 0 Å². The predicted molar refractivity (Wildman–Crippen MR) is 90.7 cm³/mol. The van der Waals surface area contributed by atoms with E-state index in [-0.39, 0.29) is 37.9 Å². The number of carbonyl (C=O) groups excluding carboxylic acids is 1. The lowest BCUT2D eigenvalue weighted by atomic mass is 9.94. The number of hydrogen-bond donors (Lipinski definition) is 0. The molecule has 2 fully saturated rings. The summed E-state index contributed by atoms with van der Waals surface area (Å²) in [5, 5.41) is 2.95. The minimum absolute atomic E-state index is 0.0144. The van der Waals surface area contributed by atoms with E-state index in [0.717, 1.165) is 12.4 Å². The molecule has 1 spiro atoms. The molecular weight excluding hydrogens is 380 g/mol. The molecule has 2 aliphatic rings. The molecule has 0 bridgehead atoms. The quantitative estimate of drug-likeness (QED) is 0.768. The van der Waals surface area contributed by atoms with Gasteiger partial charge in [0, 0.05) is 5.56 Å². The van der Waals surface area contributed by atoms with E-state index >= 15 is 0 Å². The first-order valence-corrected chi connectivity index (χ1v) is 10.1. The number of halogens is 2. The summed E-state index contributed by atoms with van der Waals surface area (Å²) in [5.74, 6) is -1.47. The minimum Gasteiger partial charge on any atom is -0.369 e. The molecule has 0 N–H and O–H groups in total. The van der Waals surface area contributed by atoms with Crippen LogP contribution in [0, 0.1) is 11.6 Å². The molecule has 1 aromatic carbocycles. The van der Waals surface area contributed by atoms with Gasteiger partial charge in [0.1, 0.15) is 16.7 Å². The summed E-state index contributed by atoms with van der Waals surface area (Å²) in [6.07, 6.45) is 2.15. The third kappa shape index (κ3) is 3.46. The van der Waals surface area contributed by atoms with Crippen LogP contribution in [-0.4, -0.2) is 65.3 Å². The van der Waals surface area contributed by atoms with Crippen molar-refractivity contribution in [3.63, 3.8) is 0 Å². The number of rotatable bonds is 3. The van der Waals surface area contributed by atoms with Gasteiger partial charge < -0.3 is 9.64 Å². The Morgan fingerprint density at radius 3 is 2.52 bits per heavy atom. The highest BCUT2D eigenvalue weighted by Crippen LogP contribution is 2.33. The van der Waals surface area contributed by atoms with Crippen molar-refractivity contribution in [3.8, 4) is 0 Å². The van der Waals surface area contributed by atoms with Gasteiger partial charge in [0.15, 0.2) is 15.7 Å². The molecule has 3 heterocycles. The number of sulfone groups is 1. The van der Waals surface area contributed by atoms with Gasteiger partial charge in [-0.15, -0.1) is 0 Å². The second-order valence-corrected chi connectivity index (χ2v) is 9.25. The van der Waals surface area contributed by atoms with Crippen LogP contribution in [0.25, 0.3) is 0 Å². The fraction of sp³-hybridized carbons (Fsp3) is 0.412. The molecule has 2 aliphatic heterocycles. The molecule has 7 nitrogen and oxygen atoms in total. The molecule has 1 aromatic heterocycles. The molecule has 0 radical (unpaired) electrons. The highest BCUT2D eigenvalue weighted by molar-refractivity contribution is 7.92. The van der Waals surface area contributed by atoms with E-state index in [0.29, 0.717) is 5.56 Å². The fourth-order valence-electron chi connectivity index (χ4n) is 3.46. The normalized spacial score (nSPS) is 23.2. The lowest BCUT2D eigenvalue weighted by Crippen LogP contribution is -2.70. The van der Waals surface area contributed by atoms with Crippen molar-refractivity contribution in [2.75, 3.05) is 25.4 Å². The van der Waals surface area contributed by atoms with E-state index in [1.54, 1.807) is 0 Å².